The second kappa shape index (κ2) is 5.80. The Morgan fingerprint density at radius 3 is 2.73 bits per heavy atom. The zero-order valence-corrected chi connectivity index (χ0v) is 8.55. The summed E-state index contributed by atoms with van der Waals surface area (Å²) >= 11 is 0. The third-order valence-electron chi connectivity index (χ3n) is 1.68. The van der Waals surface area contributed by atoms with E-state index in [1.165, 1.54) is 6.21 Å². The van der Waals surface area contributed by atoms with Crippen molar-refractivity contribution in [2.45, 2.75) is 6.92 Å². The quantitative estimate of drug-likeness (QED) is 0.245. The Hall–Kier alpha value is -1.84. The molecule has 0 aliphatic rings. The summed E-state index contributed by atoms with van der Waals surface area (Å²) < 4.78 is 5.21. The Balaban J connectivity index is 2.57. The topological polar surface area (TPSA) is 52.4 Å². The highest BCUT2D eigenvalue weighted by Gasteiger charge is 2.06. The van der Waals surface area contributed by atoms with Crippen LogP contribution in [-0.2, 0) is 9.53 Å². The number of hydroxylamine groups is 1. The Bertz CT molecular complexity index is 346. The van der Waals surface area contributed by atoms with E-state index in [4.69, 9.17) is 0 Å². The first kappa shape index (κ1) is 11.2. The Morgan fingerprint density at radius 1 is 1.47 bits per heavy atom. The zero-order chi connectivity index (χ0) is 11.1. The van der Waals surface area contributed by atoms with Crippen LogP contribution in [0.2, 0.25) is 0 Å². The van der Waals surface area contributed by atoms with E-state index < -0.39 is 5.97 Å². The van der Waals surface area contributed by atoms with Crippen molar-refractivity contribution in [2.75, 3.05) is 13.2 Å². The van der Waals surface area contributed by atoms with Gasteiger partial charge in [-0.2, -0.15) is 4.74 Å². The minimum absolute atomic E-state index is 0.275. The first-order valence-electron chi connectivity index (χ1n) is 4.71. The zero-order valence-electron chi connectivity index (χ0n) is 8.55. The van der Waals surface area contributed by atoms with Gasteiger partial charge in [0.05, 0.1) is 6.61 Å². The number of nitrogens with zero attached hydrogens (tertiary/aromatic N) is 1. The molecule has 0 saturated heterocycles. The van der Waals surface area contributed by atoms with Gasteiger partial charge < -0.3 is 9.94 Å². The molecule has 0 N–H and O–H groups in total. The second-order valence-electron chi connectivity index (χ2n) is 2.92. The number of rotatable bonds is 4. The monoisotopic (exact) mass is 207 g/mol. The van der Waals surface area contributed by atoms with Gasteiger partial charge in [0, 0.05) is 5.56 Å². The lowest BCUT2D eigenvalue weighted by molar-refractivity contribution is -0.442. The van der Waals surface area contributed by atoms with Crippen molar-refractivity contribution >= 4 is 12.2 Å². The van der Waals surface area contributed by atoms with Crippen LogP contribution in [0.3, 0.4) is 0 Å². The molecule has 0 radical (unpaired) electrons. The van der Waals surface area contributed by atoms with Crippen LogP contribution in [-0.4, -0.2) is 30.1 Å². The maximum Gasteiger partial charge on any atom is 0.373 e. The molecule has 0 aromatic heterocycles. The molecule has 0 aliphatic carbocycles. The minimum atomic E-state index is -0.514. The molecule has 0 saturated carbocycles. The van der Waals surface area contributed by atoms with Crippen molar-refractivity contribution < 1.29 is 14.3 Å². The lowest BCUT2D eigenvalue weighted by Crippen LogP contribution is -2.19. The van der Waals surface area contributed by atoms with E-state index in [1.54, 1.807) is 19.1 Å². The number of esters is 1. The van der Waals surface area contributed by atoms with Crippen LogP contribution < -0.4 is 0 Å². The van der Waals surface area contributed by atoms with Gasteiger partial charge in [-0.25, -0.2) is 4.79 Å². The van der Waals surface area contributed by atoms with Crippen molar-refractivity contribution in [3.8, 4) is 0 Å². The van der Waals surface area contributed by atoms with Crippen LogP contribution in [0.25, 0.3) is 0 Å². The highest BCUT2D eigenvalue weighted by Crippen LogP contribution is 1.93. The number of benzene rings is 1. The van der Waals surface area contributed by atoms with E-state index in [2.05, 4.69) is 4.74 Å². The largest absolute Gasteiger partial charge is 0.623 e. The van der Waals surface area contributed by atoms with Crippen LogP contribution in [0.1, 0.15) is 12.5 Å². The van der Waals surface area contributed by atoms with Crippen LogP contribution in [0.4, 0.5) is 0 Å². The molecule has 4 nitrogen and oxygen atoms in total. The van der Waals surface area contributed by atoms with Crippen LogP contribution in [0.5, 0.6) is 0 Å². The molecule has 0 aliphatic heterocycles. The van der Waals surface area contributed by atoms with Gasteiger partial charge in [-0.3, -0.25) is 0 Å². The Morgan fingerprint density at radius 2 is 2.13 bits per heavy atom. The summed E-state index contributed by atoms with van der Waals surface area (Å²) in [6.45, 7) is 1.72. The molecule has 4 heteroatoms. The van der Waals surface area contributed by atoms with Crippen molar-refractivity contribution in [1.82, 2.24) is 0 Å². The van der Waals surface area contributed by atoms with Gasteiger partial charge in [-0.1, -0.05) is 18.2 Å². The maximum absolute atomic E-state index is 11.3. The second-order valence-corrected chi connectivity index (χ2v) is 2.92. The molecule has 0 unspecified atom stereocenters. The predicted molar refractivity (Wildman–Crippen MR) is 56.7 cm³/mol. The van der Waals surface area contributed by atoms with Crippen molar-refractivity contribution in [3.63, 3.8) is 0 Å². The summed E-state index contributed by atoms with van der Waals surface area (Å²) in [6.07, 6.45) is 1.36. The lowest BCUT2D eigenvalue weighted by atomic mass is 10.2. The predicted octanol–water partition coefficient (Wildman–Crippen LogP) is 1.18. The average Bonchev–Trinajstić information content (AvgIpc) is 2.19. The normalized spacial score (nSPS) is 11.1. The molecule has 0 heterocycles. The third-order valence-corrected chi connectivity index (χ3v) is 1.68. The molecule has 0 amide bonds. The van der Waals surface area contributed by atoms with Crippen molar-refractivity contribution in [1.29, 1.82) is 0 Å². The third kappa shape index (κ3) is 4.26. The number of hydrogen-bond acceptors (Lipinski definition) is 3. The molecule has 15 heavy (non-hydrogen) atoms. The van der Waals surface area contributed by atoms with E-state index in [9.17, 15) is 10.0 Å². The minimum Gasteiger partial charge on any atom is -0.623 e. The van der Waals surface area contributed by atoms with Gasteiger partial charge in [0.25, 0.3) is 0 Å². The number of carbonyl (C=O) groups excluding carboxylic acids is 1. The summed E-state index contributed by atoms with van der Waals surface area (Å²) in [5, 5.41) is 11.3. The average molecular weight is 207 g/mol. The standard InChI is InChI=1S/C11H13NO3/c1-2-15-11(13)9-12(14)8-10-6-4-3-5-7-10/h3-8H,2,9H2,1H3. The molecule has 0 atom stereocenters. The summed E-state index contributed by atoms with van der Waals surface area (Å²) in [4.78, 5) is 11.0. The van der Waals surface area contributed by atoms with Gasteiger partial charge >= 0.3 is 5.97 Å². The van der Waals surface area contributed by atoms with Gasteiger partial charge in [-0.15, -0.1) is 0 Å². The van der Waals surface area contributed by atoms with Gasteiger partial charge in [0.1, 0.15) is 0 Å². The van der Waals surface area contributed by atoms with Crippen LogP contribution >= 0.6 is 0 Å². The van der Waals surface area contributed by atoms with E-state index >= 15 is 0 Å². The fraction of sp³-hybridized carbons (Fsp3) is 0.273. The highest BCUT2D eigenvalue weighted by atomic mass is 16.5. The summed E-state index contributed by atoms with van der Waals surface area (Å²) in [7, 11) is 0. The van der Waals surface area contributed by atoms with Crippen molar-refractivity contribution in [2.24, 2.45) is 0 Å². The SMILES string of the molecule is CCOC(=O)C[N+]([O-])=Cc1ccccc1. The van der Waals surface area contributed by atoms with Crippen LogP contribution in [0.15, 0.2) is 30.3 Å². The molecule has 1 aromatic carbocycles. The summed E-state index contributed by atoms with van der Waals surface area (Å²) in [5.41, 5.74) is 0.761. The van der Waals surface area contributed by atoms with Gasteiger partial charge in [-0.05, 0) is 19.1 Å². The Kier molecular flexibility index (Phi) is 4.34. The molecule has 0 spiro atoms. The summed E-state index contributed by atoms with van der Waals surface area (Å²) in [5.74, 6) is -0.514. The molecule has 1 rings (SSSR count). The van der Waals surface area contributed by atoms with E-state index in [-0.39, 0.29) is 13.2 Å². The summed E-state index contributed by atoms with van der Waals surface area (Å²) in [6, 6.07) is 9.08. The van der Waals surface area contributed by atoms with E-state index in [1.807, 2.05) is 18.2 Å². The molecule has 0 bridgehead atoms. The number of hydrogen-bond donors (Lipinski definition) is 0. The smallest absolute Gasteiger partial charge is 0.373 e. The van der Waals surface area contributed by atoms with Crippen LogP contribution in [0, 0.1) is 5.21 Å². The molecule has 1 aromatic rings. The molecular formula is C11H13NO3. The number of carbonyl (C=O) groups is 1. The van der Waals surface area contributed by atoms with Gasteiger partial charge in [0.2, 0.25) is 6.54 Å². The maximum atomic E-state index is 11.3. The van der Waals surface area contributed by atoms with Crippen molar-refractivity contribution in [3.05, 3.63) is 41.1 Å². The highest BCUT2D eigenvalue weighted by molar-refractivity contribution is 5.77. The molecule has 0 fully saturated rings. The fourth-order valence-electron chi connectivity index (χ4n) is 1.08. The van der Waals surface area contributed by atoms with E-state index in [0.717, 1.165) is 5.56 Å². The molecule has 80 valence electrons. The first-order valence-corrected chi connectivity index (χ1v) is 4.71. The fourth-order valence-corrected chi connectivity index (χ4v) is 1.08. The van der Waals surface area contributed by atoms with E-state index in [0.29, 0.717) is 4.74 Å². The molecular weight excluding hydrogens is 194 g/mol. The number of ether oxygens (including phenoxy) is 1. The first-order chi connectivity index (χ1) is 7.22. The van der Waals surface area contributed by atoms with Gasteiger partial charge in [0.15, 0.2) is 6.21 Å². The Labute approximate surface area is 88.4 Å². The lowest BCUT2D eigenvalue weighted by Gasteiger charge is -2.03.